The number of aromatic nitrogens is 3. The van der Waals surface area contributed by atoms with Gasteiger partial charge in [0.15, 0.2) is 5.65 Å². The summed E-state index contributed by atoms with van der Waals surface area (Å²) in [6.07, 6.45) is 2.77. The molecule has 0 bridgehead atoms. The summed E-state index contributed by atoms with van der Waals surface area (Å²) in [4.78, 5) is 0. The molecular weight excluding hydrogens is 331 g/mol. The van der Waals surface area contributed by atoms with E-state index in [-0.39, 0.29) is 5.95 Å². The first-order valence-corrected chi connectivity index (χ1v) is 6.91. The van der Waals surface area contributed by atoms with Crippen LogP contribution in [-0.4, -0.2) is 29.3 Å². The second-order valence-corrected chi connectivity index (χ2v) is 5.86. The van der Waals surface area contributed by atoms with Crippen LogP contribution in [0.25, 0.3) is 5.65 Å². The molecule has 0 radical (unpaired) electrons. The van der Waals surface area contributed by atoms with E-state index >= 15 is 0 Å². The monoisotopic (exact) mass is 338 g/mol. The zero-order valence-corrected chi connectivity index (χ0v) is 10.7. The summed E-state index contributed by atoms with van der Waals surface area (Å²) in [5.74, 6) is 0.200. The molecule has 6 nitrogen and oxygen atoms in total. The van der Waals surface area contributed by atoms with Gasteiger partial charge in [0.2, 0.25) is 16.0 Å². The van der Waals surface area contributed by atoms with Crippen molar-refractivity contribution < 1.29 is 8.42 Å². The van der Waals surface area contributed by atoms with Gasteiger partial charge < -0.3 is 0 Å². The fourth-order valence-corrected chi connectivity index (χ4v) is 2.17. The van der Waals surface area contributed by atoms with Crippen LogP contribution >= 0.6 is 22.6 Å². The van der Waals surface area contributed by atoms with Crippen molar-refractivity contribution in [3.8, 4) is 0 Å². The number of hydrogen-bond donors (Lipinski definition) is 1. The molecule has 2 aromatic rings. The third-order valence-corrected chi connectivity index (χ3v) is 3.06. The number of halogens is 1. The van der Waals surface area contributed by atoms with Crippen LogP contribution in [0, 0.1) is 3.57 Å². The molecule has 15 heavy (non-hydrogen) atoms. The molecule has 8 heteroatoms. The molecule has 0 aliphatic heterocycles. The van der Waals surface area contributed by atoms with Crippen LogP contribution in [0.15, 0.2) is 18.3 Å². The molecule has 0 spiro atoms. The van der Waals surface area contributed by atoms with E-state index in [1.54, 1.807) is 16.7 Å². The van der Waals surface area contributed by atoms with Gasteiger partial charge in [-0.05, 0) is 34.7 Å². The van der Waals surface area contributed by atoms with Gasteiger partial charge in [-0.15, -0.1) is 10.2 Å². The van der Waals surface area contributed by atoms with Gasteiger partial charge in [0.25, 0.3) is 0 Å². The van der Waals surface area contributed by atoms with Gasteiger partial charge in [-0.25, -0.2) is 8.42 Å². The number of nitrogens with one attached hydrogen (secondary N) is 1. The molecule has 0 aliphatic rings. The zero-order valence-electron chi connectivity index (χ0n) is 7.68. The van der Waals surface area contributed by atoms with E-state index in [2.05, 4.69) is 37.5 Å². The number of pyridine rings is 1. The number of nitrogens with zero attached hydrogens (tertiary/aromatic N) is 3. The first-order valence-electron chi connectivity index (χ1n) is 3.94. The topological polar surface area (TPSA) is 76.4 Å². The maximum absolute atomic E-state index is 11.0. The maximum Gasteiger partial charge on any atom is 0.242 e. The van der Waals surface area contributed by atoms with Gasteiger partial charge in [-0.3, -0.25) is 9.12 Å². The van der Waals surface area contributed by atoms with Crippen molar-refractivity contribution in [2.75, 3.05) is 11.0 Å². The molecule has 0 aromatic carbocycles. The molecule has 2 rings (SSSR count). The Bertz CT molecular complexity index is 606. The molecule has 0 atom stereocenters. The normalized spacial score (nSPS) is 11.9. The van der Waals surface area contributed by atoms with Gasteiger partial charge >= 0.3 is 0 Å². The standard InChI is InChI=1S/C7H7IN4O2S/c1-15(13,14)11-7-10-9-6-5(8)3-2-4-12(6)7/h2-4H,1H3,(H,10,11). The Morgan fingerprint density at radius 1 is 1.47 bits per heavy atom. The highest BCUT2D eigenvalue weighted by Gasteiger charge is 2.10. The van der Waals surface area contributed by atoms with Gasteiger partial charge in [0.1, 0.15) is 0 Å². The summed E-state index contributed by atoms with van der Waals surface area (Å²) in [5, 5.41) is 7.64. The summed E-state index contributed by atoms with van der Waals surface area (Å²) in [6, 6.07) is 3.67. The minimum atomic E-state index is -3.33. The Kier molecular flexibility index (Phi) is 2.54. The minimum Gasteiger partial charge on any atom is -0.267 e. The average Bonchev–Trinajstić information content (AvgIpc) is 2.48. The maximum atomic E-state index is 11.0. The summed E-state index contributed by atoms with van der Waals surface area (Å²) in [7, 11) is -3.33. The van der Waals surface area contributed by atoms with E-state index in [0.29, 0.717) is 5.65 Å². The van der Waals surface area contributed by atoms with E-state index < -0.39 is 10.0 Å². The van der Waals surface area contributed by atoms with Crippen molar-refractivity contribution in [1.29, 1.82) is 0 Å². The van der Waals surface area contributed by atoms with Crippen LogP contribution in [0.4, 0.5) is 5.95 Å². The number of rotatable bonds is 2. The molecular formula is C7H7IN4O2S. The van der Waals surface area contributed by atoms with Crippen LogP contribution in [0.2, 0.25) is 0 Å². The minimum absolute atomic E-state index is 0.200. The molecule has 0 fully saturated rings. The summed E-state index contributed by atoms with van der Waals surface area (Å²) in [5.41, 5.74) is 0.629. The highest BCUT2D eigenvalue weighted by atomic mass is 127. The van der Waals surface area contributed by atoms with Crippen LogP contribution < -0.4 is 4.72 Å². The second-order valence-electron chi connectivity index (χ2n) is 2.95. The lowest BCUT2D eigenvalue weighted by Gasteiger charge is -2.01. The fraction of sp³-hybridized carbons (Fsp3) is 0.143. The van der Waals surface area contributed by atoms with Crippen LogP contribution in [-0.2, 0) is 10.0 Å². The summed E-state index contributed by atoms with van der Waals surface area (Å²) in [6.45, 7) is 0. The molecule has 0 saturated carbocycles. The van der Waals surface area contributed by atoms with Crippen molar-refractivity contribution in [2.45, 2.75) is 0 Å². The first-order chi connectivity index (χ1) is 6.97. The molecule has 0 aliphatic carbocycles. The Labute approximate surface area is 99.9 Å². The molecule has 1 N–H and O–H groups in total. The first kappa shape index (κ1) is 10.6. The number of sulfonamides is 1. The fourth-order valence-electron chi connectivity index (χ4n) is 1.12. The Hall–Kier alpha value is -0.900. The van der Waals surface area contributed by atoms with E-state index in [0.717, 1.165) is 9.83 Å². The van der Waals surface area contributed by atoms with Crippen molar-refractivity contribution >= 4 is 44.2 Å². The van der Waals surface area contributed by atoms with Gasteiger partial charge in [-0.1, -0.05) is 0 Å². The quantitative estimate of drug-likeness (QED) is 0.818. The van der Waals surface area contributed by atoms with Crippen molar-refractivity contribution in [2.24, 2.45) is 0 Å². The average molecular weight is 338 g/mol. The highest BCUT2D eigenvalue weighted by Crippen LogP contribution is 2.15. The smallest absolute Gasteiger partial charge is 0.242 e. The van der Waals surface area contributed by atoms with Crippen LogP contribution in [0.3, 0.4) is 0 Å². The number of anilines is 1. The van der Waals surface area contributed by atoms with E-state index in [9.17, 15) is 8.42 Å². The lowest BCUT2D eigenvalue weighted by atomic mass is 10.5. The highest BCUT2D eigenvalue weighted by molar-refractivity contribution is 14.1. The SMILES string of the molecule is CS(=O)(=O)Nc1nnc2c(I)cccn12. The molecule has 2 heterocycles. The Morgan fingerprint density at radius 3 is 2.87 bits per heavy atom. The third kappa shape index (κ3) is 2.20. The molecule has 80 valence electrons. The second kappa shape index (κ2) is 3.59. The predicted molar refractivity (Wildman–Crippen MR) is 64.2 cm³/mol. The zero-order chi connectivity index (χ0) is 11.1. The summed E-state index contributed by atoms with van der Waals surface area (Å²) >= 11 is 2.11. The van der Waals surface area contributed by atoms with E-state index in [1.165, 1.54) is 0 Å². The summed E-state index contributed by atoms with van der Waals surface area (Å²) < 4.78 is 26.8. The van der Waals surface area contributed by atoms with Gasteiger partial charge in [-0.2, -0.15) is 0 Å². The molecule has 0 unspecified atom stereocenters. The van der Waals surface area contributed by atoms with Crippen molar-refractivity contribution in [3.05, 3.63) is 21.9 Å². The molecule has 2 aromatic heterocycles. The van der Waals surface area contributed by atoms with Crippen molar-refractivity contribution in [3.63, 3.8) is 0 Å². The largest absolute Gasteiger partial charge is 0.267 e. The predicted octanol–water partition coefficient (Wildman–Crippen LogP) is 0.705. The lowest BCUT2D eigenvalue weighted by Crippen LogP contribution is -2.12. The van der Waals surface area contributed by atoms with Crippen LogP contribution in [0.1, 0.15) is 0 Å². The third-order valence-electron chi connectivity index (χ3n) is 1.66. The van der Waals surface area contributed by atoms with Crippen LogP contribution in [0.5, 0.6) is 0 Å². The molecule has 0 saturated heterocycles. The Balaban J connectivity index is 2.60. The Morgan fingerprint density at radius 2 is 2.20 bits per heavy atom. The number of hydrogen-bond acceptors (Lipinski definition) is 4. The number of fused-ring (bicyclic) bond motifs is 1. The lowest BCUT2D eigenvalue weighted by molar-refractivity contribution is 0.606. The molecule has 0 amide bonds. The van der Waals surface area contributed by atoms with Crippen molar-refractivity contribution in [1.82, 2.24) is 14.6 Å². The van der Waals surface area contributed by atoms with Gasteiger partial charge in [0.05, 0.1) is 9.83 Å². The van der Waals surface area contributed by atoms with Gasteiger partial charge in [0, 0.05) is 6.20 Å². The van der Waals surface area contributed by atoms with E-state index in [1.807, 2.05) is 6.07 Å². The van der Waals surface area contributed by atoms with E-state index in [4.69, 9.17) is 0 Å².